The maximum absolute atomic E-state index is 11.7. The zero-order valence-electron chi connectivity index (χ0n) is 15.3. The molecule has 1 fully saturated rings. The first-order chi connectivity index (χ1) is 13.0. The summed E-state index contributed by atoms with van der Waals surface area (Å²) in [6.07, 6.45) is 4.79. The standard InChI is InChI=1S/C20H21BrN4O2/c1-11-7-13(8-12(2)17(11)19(22)26)18-15-9-14(21)10-23-20(15)25(24-18)16-5-3-4-6-27-16/h7-10,16H,3-6H2,1-2H3,(H2,22,26). The Balaban J connectivity index is 1.91. The third kappa shape index (κ3) is 3.26. The molecule has 0 aliphatic carbocycles. The summed E-state index contributed by atoms with van der Waals surface area (Å²) < 4.78 is 8.72. The van der Waals surface area contributed by atoms with E-state index in [9.17, 15) is 4.79 Å². The second kappa shape index (κ2) is 7.05. The molecule has 7 heteroatoms. The highest BCUT2D eigenvalue weighted by atomic mass is 79.9. The molecular weight excluding hydrogens is 408 g/mol. The average molecular weight is 429 g/mol. The summed E-state index contributed by atoms with van der Waals surface area (Å²) in [6, 6.07) is 5.94. The van der Waals surface area contributed by atoms with Gasteiger partial charge < -0.3 is 10.5 Å². The molecular formula is C20H21BrN4O2. The van der Waals surface area contributed by atoms with E-state index < -0.39 is 5.91 Å². The molecule has 3 heterocycles. The molecule has 1 aromatic carbocycles. The van der Waals surface area contributed by atoms with Crippen LogP contribution in [0.25, 0.3) is 22.3 Å². The summed E-state index contributed by atoms with van der Waals surface area (Å²) >= 11 is 3.51. The molecule has 6 nitrogen and oxygen atoms in total. The van der Waals surface area contributed by atoms with E-state index >= 15 is 0 Å². The van der Waals surface area contributed by atoms with Crippen LogP contribution in [0.5, 0.6) is 0 Å². The topological polar surface area (TPSA) is 83.0 Å². The first-order valence-corrected chi connectivity index (χ1v) is 9.82. The van der Waals surface area contributed by atoms with Crippen molar-refractivity contribution in [2.75, 3.05) is 6.61 Å². The Morgan fingerprint density at radius 2 is 2.00 bits per heavy atom. The van der Waals surface area contributed by atoms with Crippen LogP contribution in [0, 0.1) is 13.8 Å². The molecule has 1 amide bonds. The van der Waals surface area contributed by atoms with Gasteiger partial charge in [0.05, 0.1) is 0 Å². The summed E-state index contributed by atoms with van der Waals surface area (Å²) in [5.41, 5.74) is 10.3. The van der Waals surface area contributed by atoms with Gasteiger partial charge in [-0.05, 0) is 78.4 Å². The number of aryl methyl sites for hydroxylation is 2. The lowest BCUT2D eigenvalue weighted by Gasteiger charge is -2.23. The van der Waals surface area contributed by atoms with Crippen molar-refractivity contribution in [3.05, 3.63) is 45.6 Å². The fourth-order valence-corrected chi connectivity index (χ4v) is 4.15. The number of ether oxygens (including phenoxy) is 1. The van der Waals surface area contributed by atoms with E-state index in [4.69, 9.17) is 15.6 Å². The van der Waals surface area contributed by atoms with Crippen LogP contribution < -0.4 is 5.73 Å². The van der Waals surface area contributed by atoms with Gasteiger partial charge in [0, 0.05) is 33.8 Å². The number of hydrogen-bond donors (Lipinski definition) is 1. The predicted octanol–water partition coefficient (Wildman–Crippen LogP) is 4.28. The first-order valence-electron chi connectivity index (χ1n) is 9.02. The average Bonchev–Trinajstić information content (AvgIpc) is 3.00. The molecule has 1 unspecified atom stereocenters. The normalized spacial score (nSPS) is 17.4. The molecule has 0 radical (unpaired) electrons. The molecule has 27 heavy (non-hydrogen) atoms. The number of hydrogen-bond acceptors (Lipinski definition) is 4. The second-order valence-corrected chi connectivity index (χ2v) is 7.90. The third-order valence-electron chi connectivity index (χ3n) is 4.99. The number of carbonyl (C=O) groups excluding carboxylic acids is 1. The Labute approximate surface area is 165 Å². The maximum Gasteiger partial charge on any atom is 0.249 e. The summed E-state index contributed by atoms with van der Waals surface area (Å²) in [5, 5.41) is 5.82. The van der Waals surface area contributed by atoms with Crippen LogP contribution in [0.15, 0.2) is 28.9 Å². The number of amides is 1. The van der Waals surface area contributed by atoms with Crippen molar-refractivity contribution in [3.63, 3.8) is 0 Å². The number of pyridine rings is 1. The second-order valence-electron chi connectivity index (χ2n) is 6.99. The van der Waals surface area contributed by atoms with Gasteiger partial charge in [0.25, 0.3) is 0 Å². The van der Waals surface area contributed by atoms with Gasteiger partial charge >= 0.3 is 0 Å². The van der Waals surface area contributed by atoms with Gasteiger partial charge in [-0.25, -0.2) is 9.67 Å². The molecule has 1 aliphatic rings. The van der Waals surface area contributed by atoms with Crippen molar-refractivity contribution in [1.29, 1.82) is 0 Å². The molecule has 1 saturated heterocycles. The molecule has 2 N–H and O–H groups in total. The molecule has 0 bridgehead atoms. The van der Waals surface area contributed by atoms with Gasteiger partial charge in [0.15, 0.2) is 11.9 Å². The Kier molecular flexibility index (Phi) is 4.74. The lowest BCUT2D eigenvalue weighted by atomic mass is 9.97. The number of fused-ring (bicyclic) bond motifs is 1. The van der Waals surface area contributed by atoms with Crippen LogP contribution in [0.2, 0.25) is 0 Å². The van der Waals surface area contributed by atoms with Crippen molar-refractivity contribution in [2.24, 2.45) is 5.73 Å². The van der Waals surface area contributed by atoms with Crippen LogP contribution in [-0.4, -0.2) is 27.3 Å². The van der Waals surface area contributed by atoms with Crippen LogP contribution in [0.4, 0.5) is 0 Å². The van der Waals surface area contributed by atoms with Crippen LogP contribution in [0.3, 0.4) is 0 Å². The Bertz CT molecular complexity index is 1010. The number of primary amides is 1. The molecule has 0 spiro atoms. The molecule has 2 aromatic heterocycles. The van der Waals surface area contributed by atoms with Crippen molar-refractivity contribution in [1.82, 2.24) is 14.8 Å². The van der Waals surface area contributed by atoms with E-state index in [1.165, 1.54) is 0 Å². The van der Waals surface area contributed by atoms with Crippen LogP contribution in [0.1, 0.15) is 47.0 Å². The maximum atomic E-state index is 11.7. The zero-order valence-corrected chi connectivity index (χ0v) is 16.9. The lowest BCUT2D eigenvalue weighted by molar-refractivity contribution is -0.0368. The van der Waals surface area contributed by atoms with Crippen molar-refractivity contribution in [3.8, 4) is 11.3 Å². The van der Waals surface area contributed by atoms with E-state index in [1.54, 1.807) is 6.20 Å². The number of aromatic nitrogens is 3. The SMILES string of the molecule is Cc1cc(-c2nn(C3CCCCO3)c3ncc(Br)cc23)cc(C)c1C(N)=O. The van der Waals surface area contributed by atoms with Crippen molar-refractivity contribution < 1.29 is 9.53 Å². The fraction of sp³-hybridized carbons (Fsp3) is 0.350. The predicted molar refractivity (Wildman–Crippen MR) is 107 cm³/mol. The van der Waals surface area contributed by atoms with Crippen molar-refractivity contribution >= 4 is 32.9 Å². The number of rotatable bonds is 3. The Morgan fingerprint density at radius 3 is 2.63 bits per heavy atom. The molecule has 1 atom stereocenters. The minimum atomic E-state index is -0.410. The molecule has 0 saturated carbocycles. The first kappa shape index (κ1) is 18.1. The minimum Gasteiger partial charge on any atom is -0.366 e. The summed E-state index contributed by atoms with van der Waals surface area (Å²) in [6.45, 7) is 4.53. The quantitative estimate of drug-likeness (QED) is 0.674. The van der Waals surface area contributed by atoms with Gasteiger partial charge in [0.2, 0.25) is 5.91 Å². The summed E-state index contributed by atoms with van der Waals surface area (Å²) in [5.74, 6) is -0.410. The van der Waals surface area contributed by atoms with Crippen LogP contribution in [-0.2, 0) is 4.74 Å². The fourth-order valence-electron chi connectivity index (χ4n) is 3.82. The van der Waals surface area contributed by atoms with E-state index in [0.717, 1.165) is 63.8 Å². The number of benzene rings is 1. The van der Waals surface area contributed by atoms with Gasteiger partial charge in [-0.2, -0.15) is 5.10 Å². The lowest BCUT2D eigenvalue weighted by Crippen LogP contribution is -2.19. The van der Waals surface area contributed by atoms with Crippen molar-refractivity contribution in [2.45, 2.75) is 39.3 Å². The summed E-state index contributed by atoms with van der Waals surface area (Å²) in [7, 11) is 0. The Hall–Kier alpha value is -2.25. The number of nitrogens with zero attached hydrogens (tertiary/aromatic N) is 3. The molecule has 1 aliphatic heterocycles. The van der Waals surface area contributed by atoms with Gasteiger partial charge in [-0.1, -0.05) is 0 Å². The number of carbonyl (C=O) groups is 1. The summed E-state index contributed by atoms with van der Waals surface area (Å²) in [4.78, 5) is 16.3. The van der Waals surface area contributed by atoms with Gasteiger partial charge in [0.1, 0.15) is 5.69 Å². The van der Waals surface area contributed by atoms with Gasteiger partial charge in [-0.15, -0.1) is 0 Å². The molecule has 140 valence electrons. The van der Waals surface area contributed by atoms with E-state index in [0.29, 0.717) is 5.56 Å². The monoisotopic (exact) mass is 428 g/mol. The zero-order chi connectivity index (χ0) is 19.1. The van der Waals surface area contributed by atoms with E-state index in [-0.39, 0.29) is 6.23 Å². The largest absolute Gasteiger partial charge is 0.366 e. The van der Waals surface area contributed by atoms with Gasteiger partial charge in [-0.3, -0.25) is 4.79 Å². The number of nitrogens with two attached hydrogens (primary N) is 1. The molecule has 4 rings (SSSR count). The molecule has 3 aromatic rings. The third-order valence-corrected chi connectivity index (χ3v) is 5.43. The highest BCUT2D eigenvalue weighted by Gasteiger charge is 2.23. The highest BCUT2D eigenvalue weighted by molar-refractivity contribution is 9.10. The van der Waals surface area contributed by atoms with E-state index in [1.807, 2.05) is 36.7 Å². The highest BCUT2D eigenvalue weighted by Crippen LogP contribution is 2.34. The smallest absolute Gasteiger partial charge is 0.249 e. The van der Waals surface area contributed by atoms with Crippen LogP contribution >= 0.6 is 15.9 Å². The number of halogens is 1. The van der Waals surface area contributed by atoms with E-state index in [2.05, 4.69) is 20.9 Å². The minimum absolute atomic E-state index is 0.101. The Morgan fingerprint density at radius 1 is 1.26 bits per heavy atom.